The molecule has 24 heavy (non-hydrogen) atoms. The first kappa shape index (κ1) is 16.4. The van der Waals surface area contributed by atoms with Crippen molar-refractivity contribution in [1.82, 2.24) is 9.97 Å². The number of ether oxygens (including phenoxy) is 1. The second-order valence-corrected chi connectivity index (χ2v) is 5.79. The Labute approximate surface area is 141 Å². The number of anilines is 2. The summed E-state index contributed by atoms with van der Waals surface area (Å²) in [6.45, 7) is 3.92. The molecule has 1 amide bonds. The zero-order chi connectivity index (χ0) is 16.9. The first-order valence-electron chi connectivity index (χ1n) is 8.17. The van der Waals surface area contributed by atoms with Crippen LogP contribution >= 0.6 is 0 Å². The Morgan fingerprint density at radius 2 is 2.17 bits per heavy atom. The Morgan fingerprint density at radius 3 is 3.00 bits per heavy atom. The predicted molar refractivity (Wildman–Crippen MR) is 93.6 cm³/mol. The number of fused-ring (bicyclic) bond motifs is 1. The molecule has 0 spiro atoms. The van der Waals surface area contributed by atoms with Gasteiger partial charge in [0.2, 0.25) is 0 Å². The van der Waals surface area contributed by atoms with E-state index in [4.69, 9.17) is 4.74 Å². The monoisotopic (exact) mass is 326 g/mol. The number of aromatic nitrogens is 2. The molecule has 1 N–H and O–H groups in total. The maximum absolute atomic E-state index is 12.9. The second kappa shape index (κ2) is 7.40. The highest BCUT2D eigenvalue weighted by atomic mass is 16.5. The summed E-state index contributed by atoms with van der Waals surface area (Å²) in [6.07, 6.45) is 1.76. The van der Waals surface area contributed by atoms with Crippen molar-refractivity contribution >= 4 is 17.4 Å². The summed E-state index contributed by atoms with van der Waals surface area (Å²) in [5.41, 5.74) is 2.61. The molecule has 1 aliphatic heterocycles. The highest BCUT2D eigenvalue weighted by molar-refractivity contribution is 6.06. The number of hydrogen-bond acceptors (Lipinski definition) is 5. The van der Waals surface area contributed by atoms with Gasteiger partial charge in [0.1, 0.15) is 17.3 Å². The van der Waals surface area contributed by atoms with Crippen molar-refractivity contribution in [1.29, 1.82) is 0 Å². The van der Waals surface area contributed by atoms with E-state index in [9.17, 15) is 4.79 Å². The number of amides is 1. The van der Waals surface area contributed by atoms with Crippen molar-refractivity contribution in [3.05, 3.63) is 47.4 Å². The number of para-hydroxylation sites is 1. The molecule has 6 heteroatoms. The van der Waals surface area contributed by atoms with E-state index in [2.05, 4.69) is 21.4 Å². The van der Waals surface area contributed by atoms with Crippen LogP contribution in [0.1, 0.15) is 28.3 Å². The summed E-state index contributed by atoms with van der Waals surface area (Å²) >= 11 is 0. The Morgan fingerprint density at radius 1 is 1.33 bits per heavy atom. The molecule has 0 aliphatic carbocycles. The highest BCUT2D eigenvalue weighted by Crippen LogP contribution is 2.28. The molecular formula is C18H22N4O2. The third-order valence-electron chi connectivity index (χ3n) is 4.02. The lowest BCUT2D eigenvalue weighted by Crippen LogP contribution is -2.30. The van der Waals surface area contributed by atoms with Gasteiger partial charge in [-0.25, -0.2) is 9.97 Å². The summed E-state index contributed by atoms with van der Waals surface area (Å²) < 4.78 is 5.03. The van der Waals surface area contributed by atoms with Gasteiger partial charge in [-0.1, -0.05) is 18.2 Å². The Kier molecular flexibility index (Phi) is 5.05. The van der Waals surface area contributed by atoms with Crippen molar-refractivity contribution in [2.45, 2.75) is 19.8 Å². The second-order valence-electron chi connectivity index (χ2n) is 5.79. The van der Waals surface area contributed by atoms with E-state index in [1.165, 1.54) is 5.56 Å². The van der Waals surface area contributed by atoms with E-state index >= 15 is 0 Å². The van der Waals surface area contributed by atoms with E-state index in [1.807, 2.05) is 18.2 Å². The van der Waals surface area contributed by atoms with Gasteiger partial charge in [-0.05, 0) is 31.4 Å². The van der Waals surface area contributed by atoms with Crippen LogP contribution in [0.25, 0.3) is 0 Å². The SMILES string of the molecule is COCCCNc1cc(C(=O)N2CCc3ccccc32)nc(C)n1. The number of rotatable bonds is 6. The van der Waals surface area contributed by atoms with Crippen LogP contribution in [-0.4, -0.2) is 42.7 Å². The van der Waals surface area contributed by atoms with Gasteiger partial charge in [-0.15, -0.1) is 0 Å². The minimum atomic E-state index is -0.0783. The zero-order valence-corrected chi connectivity index (χ0v) is 14.1. The fourth-order valence-corrected chi connectivity index (χ4v) is 2.89. The Hall–Kier alpha value is -2.47. The molecule has 0 unspecified atom stereocenters. The lowest BCUT2D eigenvalue weighted by molar-refractivity contribution is 0.0984. The van der Waals surface area contributed by atoms with E-state index in [0.29, 0.717) is 30.5 Å². The number of carbonyl (C=O) groups is 1. The van der Waals surface area contributed by atoms with Crippen molar-refractivity contribution in [3.63, 3.8) is 0 Å². The van der Waals surface area contributed by atoms with Gasteiger partial charge >= 0.3 is 0 Å². The summed E-state index contributed by atoms with van der Waals surface area (Å²) in [5, 5.41) is 3.22. The van der Waals surface area contributed by atoms with Gasteiger partial charge in [0.15, 0.2) is 0 Å². The number of benzene rings is 1. The molecule has 0 saturated carbocycles. The minimum absolute atomic E-state index is 0.0783. The fraction of sp³-hybridized carbons (Fsp3) is 0.389. The van der Waals surface area contributed by atoms with Crippen LogP contribution in [0.2, 0.25) is 0 Å². The number of carbonyl (C=O) groups excluding carboxylic acids is 1. The maximum Gasteiger partial charge on any atom is 0.277 e. The largest absolute Gasteiger partial charge is 0.385 e. The van der Waals surface area contributed by atoms with E-state index in [0.717, 1.165) is 25.1 Å². The Balaban J connectivity index is 1.77. The van der Waals surface area contributed by atoms with Gasteiger partial charge < -0.3 is 15.0 Å². The summed E-state index contributed by atoms with van der Waals surface area (Å²) in [6, 6.07) is 9.74. The molecule has 1 aliphatic rings. The van der Waals surface area contributed by atoms with Crippen LogP contribution in [0, 0.1) is 6.92 Å². The Bertz CT molecular complexity index is 733. The maximum atomic E-state index is 12.9. The van der Waals surface area contributed by atoms with Gasteiger partial charge in [0.05, 0.1) is 0 Å². The minimum Gasteiger partial charge on any atom is -0.385 e. The zero-order valence-electron chi connectivity index (χ0n) is 14.1. The summed E-state index contributed by atoms with van der Waals surface area (Å²) in [4.78, 5) is 23.4. The molecule has 0 atom stereocenters. The van der Waals surface area contributed by atoms with Crippen LogP contribution < -0.4 is 10.2 Å². The number of aryl methyl sites for hydroxylation is 1. The van der Waals surface area contributed by atoms with E-state index in [1.54, 1.807) is 25.0 Å². The van der Waals surface area contributed by atoms with Gasteiger partial charge in [0, 0.05) is 38.6 Å². The van der Waals surface area contributed by atoms with E-state index < -0.39 is 0 Å². The van der Waals surface area contributed by atoms with Gasteiger partial charge in [0.25, 0.3) is 5.91 Å². The van der Waals surface area contributed by atoms with Crippen LogP contribution in [0.4, 0.5) is 11.5 Å². The van der Waals surface area contributed by atoms with Gasteiger partial charge in [-0.3, -0.25) is 4.79 Å². The average molecular weight is 326 g/mol. The summed E-state index contributed by atoms with van der Waals surface area (Å²) in [7, 11) is 1.68. The number of methoxy groups -OCH3 is 1. The molecule has 6 nitrogen and oxygen atoms in total. The fourth-order valence-electron chi connectivity index (χ4n) is 2.89. The molecule has 0 saturated heterocycles. The molecule has 3 rings (SSSR count). The molecule has 2 aromatic rings. The van der Waals surface area contributed by atoms with Crippen LogP contribution in [0.5, 0.6) is 0 Å². The molecule has 0 bridgehead atoms. The lowest BCUT2D eigenvalue weighted by atomic mass is 10.2. The number of hydrogen-bond donors (Lipinski definition) is 1. The van der Waals surface area contributed by atoms with E-state index in [-0.39, 0.29) is 5.91 Å². The van der Waals surface area contributed by atoms with Gasteiger partial charge in [-0.2, -0.15) is 0 Å². The highest BCUT2D eigenvalue weighted by Gasteiger charge is 2.26. The molecule has 0 fully saturated rings. The molecule has 1 aromatic heterocycles. The number of nitrogens with one attached hydrogen (secondary N) is 1. The third-order valence-corrected chi connectivity index (χ3v) is 4.02. The molecule has 126 valence electrons. The average Bonchev–Trinajstić information content (AvgIpc) is 3.02. The molecule has 2 heterocycles. The lowest BCUT2D eigenvalue weighted by Gasteiger charge is -2.17. The standard InChI is InChI=1S/C18H22N4O2/c1-13-20-15(12-17(21-13)19-9-5-11-24-2)18(23)22-10-8-14-6-3-4-7-16(14)22/h3-4,6-7,12H,5,8-11H2,1-2H3,(H,19,20,21). The normalized spacial score (nSPS) is 13.0. The quantitative estimate of drug-likeness (QED) is 0.826. The topological polar surface area (TPSA) is 67.3 Å². The van der Waals surface area contributed by atoms with Crippen molar-refractivity contribution < 1.29 is 9.53 Å². The summed E-state index contributed by atoms with van der Waals surface area (Å²) in [5.74, 6) is 1.18. The predicted octanol–water partition coefficient (Wildman–Crippen LogP) is 2.44. The van der Waals surface area contributed by atoms with Crippen molar-refractivity contribution in [2.24, 2.45) is 0 Å². The first-order valence-corrected chi connectivity index (χ1v) is 8.17. The van der Waals surface area contributed by atoms with Crippen LogP contribution in [-0.2, 0) is 11.2 Å². The molecule has 0 radical (unpaired) electrons. The van der Waals surface area contributed by atoms with Crippen LogP contribution in [0.15, 0.2) is 30.3 Å². The third kappa shape index (κ3) is 3.54. The van der Waals surface area contributed by atoms with Crippen molar-refractivity contribution in [2.75, 3.05) is 37.0 Å². The van der Waals surface area contributed by atoms with Crippen molar-refractivity contribution in [3.8, 4) is 0 Å². The number of nitrogens with zero attached hydrogens (tertiary/aromatic N) is 3. The first-order chi connectivity index (χ1) is 11.7. The molecule has 1 aromatic carbocycles. The molecular weight excluding hydrogens is 304 g/mol. The van der Waals surface area contributed by atoms with Crippen LogP contribution in [0.3, 0.4) is 0 Å². The smallest absolute Gasteiger partial charge is 0.277 e.